The molecule has 2 saturated heterocycles. The second kappa shape index (κ2) is 11.5. The number of hydrogen-bond acceptors (Lipinski definition) is 6. The summed E-state index contributed by atoms with van der Waals surface area (Å²) in [5.74, 6) is 3.49. The Bertz CT molecular complexity index is 659. The molecule has 0 bridgehead atoms. The summed E-state index contributed by atoms with van der Waals surface area (Å²) in [4.78, 5) is 28.5. The van der Waals surface area contributed by atoms with Crippen LogP contribution < -0.4 is 10.2 Å². The molecule has 0 aliphatic carbocycles. The smallest absolute Gasteiger partial charge is 0.222 e. The maximum Gasteiger partial charge on any atom is 0.222 e. The Morgan fingerprint density at radius 1 is 1.20 bits per heavy atom. The molecule has 1 aromatic heterocycles. The molecule has 7 nitrogen and oxygen atoms in total. The molecule has 1 N–H and O–H groups in total. The van der Waals surface area contributed by atoms with Gasteiger partial charge < -0.3 is 15.1 Å². The van der Waals surface area contributed by atoms with Gasteiger partial charge in [-0.15, -0.1) is 0 Å². The second-order valence-electron chi connectivity index (χ2n) is 9.26. The van der Waals surface area contributed by atoms with Crippen molar-refractivity contribution in [3.63, 3.8) is 0 Å². The van der Waals surface area contributed by atoms with Crippen LogP contribution >= 0.6 is 0 Å². The predicted octanol–water partition coefficient (Wildman–Crippen LogP) is 3.10. The van der Waals surface area contributed by atoms with E-state index in [1.165, 1.54) is 6.42 Å². The van der Waals surface area contributed by atoms with Gasteiger partial charge in [0.25, 0.3) is 0 Å². The molecule has 2 aliphatic rings. The van der Waals surface area contributed by atoms with Crippen molar-refractivity contribution in [3.8, 4) is 0 Å². The van der Waals surface area contributed by atoms with Gasteiger partial charge in [-0.3, -0.25) is 9.69 Å². The van der Waals surface area contributed by atoms with Crippen molar-refractivity contribution in [3.05, 3.63) is 12.4 Å². The number of piperidine rings is 1. The molecule has 2 aliphatic heterocycles. The first kappa shape index (κ1) is 22.8. The number of carbonyl (C=O) groups excluding carboxylic acids is 1. The molecule has 0 saturated carbocycles. The second-order valence-corrected chi connectivity index (χ2v) is 9.26. The minimum absolute atomic E-state index is 0.337. The average molecular weight is 417 g/mol. The van der Waals surface area contributed by atoms with Gasteiger partial charge in [0.1, 0.15) is 18.0 Å². The zero-order chi connectivity index (χ0) is 21.3. The maximum atomic E-state index is 12.7. The molecule has 3 rings (SSSR count). The summed E-state index contributed by atoms with van der Waals surface area (Å²) < 4.78 is 0. The third-order valence-electron chi connectivity index (χ3n) is 6.17. The third kappa shape index (κ3) is 6.83. The molecule has 1 atom stereocenters. The van der Waals surface area contributed by atoms with Crippen LogP contribution in [0.1, 0.15) is 52.9 Å². The molecule has 1 amide bonds. The number of anilines is 2. The van der Waals surface area contributed by atoms with Crippen molar-refractivity contribution in [2.75, 3.05) is 62.6 Å². The van der Waals surface area contributed by atoms with Gasteiger partial charge in [-0.05, 0) is 37.5 Å². The van der Waals surface area contributed by atoms with Gasteiger partial charge >= 0.3 is 0 Å². The van der Waals surface area contributed by atoms with Crippen molar-refractivity contribution in [2.45, 2.75) is 52.9 Å². The quantitative estimate of drug-likeness (QED) is 0.667. The van der Waals surface area contributed by atoms with Gasteiger partial charge in [-0.2, -0.15) is 0 Å². The van der Waals surface area contributed by atoms with Crippen LogP contribution in [0.4, 0.5) is 11.6 Å². The SMILES string of the molecule is CCCNc1cc(N2CCC[C@@H](CCC(=O)N3CCN(CC(C)C)CC3)C2)ncn1. The third-order valence-corrected chi connectivity index (χ3v) is 6.17. The van der Waals surface area contributed by atoms with Gasteiger partial charge in [0, 0.05) is 64.8 Å². The van der Waals surface area contributed by atoms with E-state index in [9.17, 15) is 4.79 Å². The fraction of sp³-hybridized carbons (Fsp3) is 0.783. The largest absolute Gasteiger partial charge is 0.370 e. The Balaban J connectivity index is 1.43. The first-order valence-electron chi connectivity index (χ1n) is 11.9. The molecule has 30 heavy (non-hydrogen) atoms. The highest BCUT2D eigenvalue weighted by Crippen LogP contribution is 2.26. The van der Waals surface area contributed by atoms with Crippen LogP contribution in [-0.4, -0.2) is 78.0 Å². The van der Waals surface area contributed by atoms with Gasteiger partial charge in [-0.25, -0.2) is 9.97 Å². The molecule has 0 spiro atoms. The van der Waals surface area contributed by atoms with Crippen molar-refractivity contribution in [1.82, 2.24) is 19.8 Å². The lowest BCUT2D eigenvalue weighted by Gasteiger charge is -2.36. The Morgan fingerprint density at radius 2 is 2.00 bits per heavy atom. The number of hydrogen-bond donors (Lipinski definition) is 1. The van der Waals surface area contributed by atoms with Crippen LogP contribution in [0.15, 0.2) is 12.4 Å². The first-order valence-corrected chi connectivity index (χ1v) is 11.9. The highest BCUT2D eigenvalue weighted by atomic mass is 16.2. The summed E-state index contributed by atoms with van der Waals surface area (Å²) >= 11 is 0. The number of carbonyl (C=O) groups is 1. The van der Waals surface area contributed by atoms with Crippen molar-refractivity contribution < 1.29 is 4.79 Å². The van der Waals surface area contributed by atoms with E-state index in [4.69, 9.17) is 0 Å². The van der Waals surface area contributed by atoms with E-state index in [1.807, 2.05) is 0 Å². The van der Waals surface area contributed by atoms with E-state index in [-0.39, 0.29) is 0 Å². The molecule has 3 heterocycles. The fourth-order valence-electron chi connectivity index (χ4n) is 4.56. The van der Waals surface area contributed by atoms with E-state index in [1.54, 1.807) is 6.33 Å². The summed E-state index contributed by atoms with van der Waals surface area (Å²) in [7, 11) is 0. The van der Waals surface area contributed by atoms with E-state index in [2.05, 4.69) is 56.8 Å². The zero-order valence-corrected chi connectivity index (χ0v) is 19.1. The fourth-order valence-corrected chi connectivity index (χ4v) is 4.56. The minimum atomic E-state index is 0.337. The van der Waals surface area contributed by atoms with E-state index in [0.717, 1.165) is 83.3 Å². The molecule has 0 unspecified atom stereocenters. The van der Waals surface area contributed by atoms with Gasteiger partial charge in [0.05, 0.1) is 0 Å². The van der Waals surface area contributed by atoms with Crippen molar-refractivity contribution in [1.29, 1.82) is 0 Å². The Labute approximate surface area is 182 Å². The van der Waals surface area contributed by atoms with E-state index < -0.39 is 0 Å². The summed E-state index contributed by atoms with van der Waals surface area (Å²) in [6, 6.07) is 2.06. The van der Waals surface area contributed by atoms with Crippen LogP contribution in [0.2, 0.25) is 0 Å². The van der Waals surface area contributed by atoms with Crippen LogP contribution in [0.3, 0.4) is 0 Å². The molecule has 1 aromatic rings. The number of amides is 1. The zero-order valence-electron chi connectivity index (χ0n) is 19.1. The van der Waals surface area contributed by atoms with E-state index >= 15 is 0 Å². The predicted molar refractivity (Wildman–Crippen MR) is 123 cm³/mol. The lowest BCUT2D eigenvalue weighted by Crippen LogP contribution is -2.49. The van der Waals surface area contributed by atoms with Crippen LogP contribution in [0.25, 0.3) is 0 Å². The van der Waals surface area contributed by atoms with Crippen LogP contribution in [0.5, 0.6) is 0 Å². The monoisotopic (exact) mass is 416 g/mol. The summed E-state index contributed by atoms with van der Waals surface area (Å²) in [6.45, 7) is 14.6. The lowest BCUT2D eigenvalue weighted by atomic mass is 9.93. The number of rotatable bonds is 9. The summed E-state index contributed by atoms with van der Waals surface area (Å²) in [5.41, 5.74) is 0. The van der Waals surface area contributed by atoms with Gasteiger partial charge in [0.2, 0.25) is 5.91 Å². The van der Waals surface area contributed by atoms with Crippen molar-refractivity contribution in [2.24, 2.45) is 11.8 Å². The highest BCUT2D eigenvalue weighted by Gasteiger charge is 2.25. The summed E-state index contributed by atoms with van der Waals surface area (Å²) in [5, 5.41) is 3.34. The molecular weight excluding hydrogens is 376 g/mol. The Kier molecular flexibility index (Phi) is 8.73. The minimum Gasteiger partial charge on any atom is -0.370 e. The molecule has 7 heteroatoms. The number of aromatic nitrogens is 2. The number of nitrogens with one attached hydrogen (secondary N) is 1. The van der Waals surface area contributed by atoms with E-state index in [0.29, 0.717) is 24.2 Å². The standard InChI is InChI=1S/C23H40N6O/c1-4-9-24-21-15-22(26-18-25-21)29-10-5-6-20(17-29)7-8-23(30)28-13-11-27(12-14-28)16-19(2)3/h15,18-20H,4-14,16-17H2,1-3H3,(H,24,25,26)/t20-/m0/s1. The molecule has 168 valence electrons. The maximum absolute atomic E-state index is 12.7. The number of piperazine rings is 1. The average Bonchev–Trinajstić information content (AvgIpc) is 2.76. The molecular formula is C23H40N6O. The number of nitrogens with zero attached hydrogens (tertiary/aromatic N) is 5. The summed E-state index contributed by atoms with van der Waals surface area (Å²) in [6.07, 6.45) is 6.75. The molecule has 0 radical (unpaired) electrons. The Morgan fingerprint density at radius 3 is 2.73 bits per heavy atom. The van der Waals surface area contributed by atoms with Crippen LogP contribution in [0, 0.1) is 11.8 Å². The Hall–Kier alpha value is -1.89. The van der Waals surface area contributed by atoms with Gasteiger partial charge in [0.15, 0.2) is 0 Å². The lowest BCUT2D eigenvalue weighted by molar-refractivity contribution is -0.133. The molecule has 0 aromatic carbocycles. The van der Waals surface area contributed by atoms with Crippen molar-refractivity contribution >= 4 is 17.5 Å². The first-order chi connectivity index (χ1) is 14.5. The van der Waals surface area contributed by atoms with Crippen LogP contribution in [-0.2, 0) is 4.79 Å². The highest BCUT2D eigenvalue weighted by molar-refractivity contribution is 5.76. The normalized spacial score (nSPS) is 20.6. The topological polar surface area (TPSA) is 64.6 Å². The molecule has 2 fully saturated rings. The van der Waals surface area contributed by atoms with Gasteiger partial charge in [-0.1, -0.05) is 20.8 Å².